The van der Waals surface area contributed by atoms with Crippen LogP contribution < -0.4 is 15.8 Å². The van der Waals surface area contributed by atoms with Crippen LogP contribution in [0, 0.1) is 12.7 Å². The van der Waals surface area contributed by atoms with Crippen molar-refractivity contribution in [3.05, 3.63) is 46.3 Å². The predicted molar refractivity (Wildman–Crippen MR) is 95.9 cm³/mol. The molecule has 7 nitrogen and oxygen atoms in total. The second kappa shape index (κ2) is 7.89. The van der Waals surface area contributed by atoms with Gasteiger partial charge in [-0.25, -0.2) is 22.5 Å². The molecule has 1 aromatic carbocycles. The van der Waals surface area contributed by atoms with Gasteiger partial charge in [0.15, 0.2) is 0 Å². The molecule has 0 aliphatic carbocycles. The summed E-state index contributed by atoms with van der Waals surface area (Å²) in [5.41, 5.74) is 6.34. The molecule has 10 heteroatoms. The van der Waals surface area contributed by atoms with Crippen LogP contribution in [0.15, 0.2) is 39.8 Å². The summed E-state index contributed by atoms with van der Waals surface area (Å²) in [6.07, 6.45) is 1.25. The number of hydrogen-bond donors (Lipinski definition) is 3. The van der Waals surface area contributed by atoms with E-state index < -0.39 is 21.7 Å². The Morgan fingerprint density at radius 1 is 1.36 bits per heavy atom. The Kier molecular flexibility index (Phi) is 6.09. The first-order chi connectivity index (χ1) is 11.7. The minimum atomic E-state index is -3.90. The van der Waals surface area contributed by atoms with E-state index in [0.717, 1.165) is 0 Å². The zero-order valence-electron chi connectivity index (χ0n) is 13.2. The average Bonchev–Trinajstić information content (AvgIpc) is 2.53. The van der Waals surface area contributed by atoms with Crippen LogP contribution in [-0.4, -0.2) is 25.9 Å². The highest BCUT2D eigenvalue weighted by Gasteiger charge is 2.19. The third-order valence-corrected chi connectivity index (χ3v) is 5.16. The van der Waals surface area contributed by atoms with Gasteiger partial charge in [0.05, 0.1) is 0 Å². The number of rotatable bonds is 6. The highest BCUT2D eigenvalue weighted by Crippen LogP contribution is 2.20. The lowest BCUT2D eigenvalue weighted by molar-refractivity contribution is -0.116. The van der Waals surface area contributed by atoms with Crippen molar-refractivity contribution in [3.63, 3.8) is 0 Å². The molecule has 1 amide bonds. The number of carbonyl (C=O) groups is 1. The van der Waals surface area contributed by atoms with E-state index in [1.807, 2.05) is 0 Å². The Morgan fingerprint density at radius 2 is 2.08 bits per heavy atom. The van der Waals surface area contributed by atoms with Crippen molar-refractivity contribution in [3.8, 4) is 0 Å². The van der Waals surface area contributed by atoms with E-state index in [9.17, 15) is 17.6 Å². The van der Waals surface area contributed by atoms with Gasteiger partial charge in [0, 0.05) is 29.3 Å². The lowest BCUT2D eigenvalue weighted by Gasteiger charge is -2.09. The molecule has 0 aliphatic heterocycles. The van der Waals surface area contributed by atoms with Gasteiger partial charge in [-0.15, -0.1) is 0 Å². The van der Waals surface area contributed by atoms with Crippen LogP contribution in [0.3, 0.4) is 0 Å². The van der Waals surface area contributed by atoms with Gasteiger partial charge in [0.1, 0.15) is 16.5 Å². The number of aromatic nitrogens is 1. The van der Waals surface area contributed by atoms with Crippen LogP contribution in [0.2, 0.25) is 0 Å². The first kappa shape index (κ1) is 19.3. The smallest absolute Gasteiger partial charge is 0.244 e. The number of carbonyl (C=O) groups excluding carboxylic acids is 1. The number of sulfonamides is 1. The number of nitrogen functional groups attached to an aromatic ring is 1. The van der Waals surface area contributed by atoms with Crippen LogP contribution in [0.1, 0.15) is 12.0 Å². The Balaban J connectivity index is 1.94. The molecule has 0 unspecified atom stereocenters. The summed E-state index contributed by atoms with van der Waals surface area (Å²) in [7, 11) is -3.90. The second-order valence-electron chi connectivity index (χ2n) is 5.20. The third kappa shape index (κ3) is 5.21. The molecule has 1 heterocycles. The normalized spacial score (nSPS) is 11.3. The zero-order chi connectivity index (χ0) is 18.6. The van der Waals surface area contributed by atoms with Crippen LogP contribution in [0.4, 0.5) is 15.9 Å². The SMILES string of the molecule is Cc1ccc(NC(=O)CCNS(=O)(=O)c2cc(Br)cnc2N)cc1F. The molecular formula is C15H16BrFN4O3S. The number of pyridine rings is 1. The van der Waals surface area contributed by atoms with Gasteiger partial charge in [0.2, 0.25) is 15.9 Å². The highest BCUT2D eigenvalue weighted by atomic mass is 79.9. The maximum atomic E-state index is 13.4. The van der Waals surface area contributed by atoms with Crippen LogP contribution >= 0.6 is 15.9 Å². The van der Waals surface area contributed by atoms with Crippen LogP contribution in [-0.2, 0) is 14.8 Å². The fourth-order valence-electron chi connectivity index (χ4n) is 1.92. The van der Waals surface area contributed by atoms with Gasteiger partial charge in [-0.2, -0.15) is 0 Å². The summed E-state index contributed by atoms with van der Waals surface area (Å²) in [5, 5.41) is 2.50. The van der Waals surface area contributed by atoms with Crippen molar-refractivity contribution >= 4 is 43.4 Å². The molecule has 2 rings (SSSR count). The van der Waals surface area contributed by atoms with Gasteiger partial charge in [-0.05, 0) is 46.6 Å². The van der Waals surface area contributed by atoms with Gasteiger partial charge >= 0.3 is 0 Å². The van der Waals surface area contributed by atoms with Crippen molar-refractivity contribution in [1.29, 1.82) is 0 Å². The topological polar surface area (TPSA) is 114 Å². The fourth-order valence-corrected chi connectivity index (χ4v) is 3.54. The maximum absolute atomic E-state index is 13.4. The van der Waals surface area contributed by atoms with Crippen LogP contribution in [0.25, 0.3) is 0 Å². The summed E-state index contributed by atoms with van der Waals surface area (Å²) in [6, 6.07) is 5.62. The Morgan fingerprint density at radius 3 is 2.76 bits per heavy atom. The number of nitrogens with zero attached hydrogens (tertiary/aromatic N) is 1. The standard InChI is InChI=1S/C15H16BrFN4O3S/c1-9-2-3-11(7-12(9)17)21-14(22)4-5-20-25(23,24)13-6-10(16)8-19-15(13)18/h2-3,6-8,20H,4-5H2,1H3,(H2,18,19)(H,21,22). The average molecular weight is 431 g/mol. The molecule has 0 bridgehead atoms. The summed E-state index contributed by atoms with van der Waals surface area (Å²) < 4.78 is 40.6. The molecule has 4 N–H and O–H groups in total. The molecule has 0 atom stereocenters. The second-order valence-corrected chi connectivity index (χ2v) is 7.85. The van der Waals surface area contributed by atoms with E-state index in [-0.39, 0.29) is 23.7 Å². The van der Waals surface area contributed by atoms with Crippen molar-refractivity contribution < 1.29 is 17.6 Å². The largest absolute Gasteiger partial charge is 0.383 e. The summed E-state index contributed by atoms with van der Waals surface area (Å²) in [4.78, 5) is 15.4. The van der Waals surface area contributed by atoms with E-state index in [2.05, 4.69) is 31.0 Å². The quantitative estimate of drug-likeness (QED) is 0.649. The van der Waals surface area contributed by atoms with E-state index in [0.29, 0.717) is 15.7 Å². The van der Waals surface area contributed by atoms with Crippen molar-refractivity contribution in [2.24, 2.45) is 0 Å². The van der Waals surface area contributed by atoms with E-state index in [4.69, 9.17) is 5.73 Å². The first-order valence-electron chi connectivity index (χ1n) is 7.16. The van der Waals surface area contributed by atoms with Crippen molar-refractivity contribution in [2.45, 2.75) is 18.2 Å². The fraction of sp³-hybridized carbons (Fsp3) is 0.200. The third-order valence-electron chi connectivity index (χ3n) is 3.24. The number of nitrogens with one attached hydrogen (secondary N) is 2. The molecular weight excluding hydrogens is 415 g/mol. The lowest BCUT2D eigenvalue weighted by atomic mass is 10.2. The molecule has 0 saturated heterocycles. The van der Waals surface area contributed by atoms with Crippen LogP contribution in [0.5, 0.6) is 0 Å². The molecule has 1 aromatic heterocycles. The Labute approximate surface area is 153 Å². The van der Waals surface area contributed by atoms with Crippen molar-refractivity contribution in [2.75, 3.05) is 17.6 Å². The number of benzene rings is 1. The minimum Gasteiger partial charge on any atom is -0.383 e. The highest BCUT2D eigenvalue weighted by molar-refractivity contribution is 9.10. The summed E-state index contributed by atoms with van der Waals surface area (Å²) in [6.45, 7) is 1.46. The number of amides is 1. The predicted octanol–water partition coefficient (Wildman–Crippen LogP) is 2.18. The Hall–Kier alpha value is -2.04. The molecule has 134 valence electrons. The maximum Gasteiger partial charge on any atom is 0.244 e. The van der Waals surface area contributed by atoms with Gasteiger partial charge in [-0.1, -0.05) is 6.07 Å². The number of aryl methyl sites for hydroxylation is 1. The minimum absolute atomic E-state index is 0.129. The van der Waals surface area contributed by atoms with Gasteiger partial charge < -0.3 is 11.1 Å². The first-order valence-corrected chi connectivity index (χ1v) is 9.43. The van der Waals surface area contributed by atoms with E-state index in [1.165, 1.54) is 24.4 Å². The van der Waals surface area contributed by atoms with E-state index >= 15 is 0 Å². The van der Waals surface area contributed by atoms with Gasteiger partial charge in [-0.3, -0.25) is 4.79 Å². The molecule has 0 aliphatic rings. The lowest BCUT2D eigenvalue weighted by Crippen LogP contribution is -2.28. The zero-order valence-corrected chi connectivity index (χ0v) is 15.6. The van der Waals surface area contributed by atoms with Gasteiger partial charge in [0.25, 0.3) is 0 Å². The van der Waals surface area contributed by atoms with E-state index in [1.54, 1.807) is 13.0 Å². The molecule has 2 aromatic rings. The number of halogens is 2. The summed E-state index contributed by atoms with van der Waals surface area (Å²) in [5.74, 6) is -1.03. The number of anilines is 2. The number of nitrogens with two attached hydrogens (primary N) is 1. The number of hydrogen-bond acceptors (Lipinski definition) is 5. The summed E-state index contributed by atoms with van der Waals surface area (Å²) >= 11 is 3.12. The molecule has 0 spiro atoms. The molecule has 0 saturated carbocycles. The molecule has 25 heavy (non-hydrogen) atoms. The Bertz CT molecular complexity index is 906. The molecule has 0 radical (unpaired) electrons. The molecule has 0 fully saturated rings. The van der Waals surface area contributed by atoms with Crippen molar-refractivity contribution in [1.82, 2.24) is 9.71 Å². The monoisotopic (exact) mass is 430 g/mol.